The molecule has 8 heteroatoms. The summed E-state index contributed by atoms with van der Waals surface area (Å²) in [5.74, 6) is 3.33. The molecule has 0 bridgehead atoms. The topological polar surface area (TPSA) is 74.7 Å². The predicted octanol–water partition coefficient (Wildman–Crippen LogP) is 2.28. The molecule has 0 aromatic carbocycles. The average molecular weight is 433 g/mol. The maximum atomic E-state index is 12.0. The normalized spacial score (nSPS) is 22.4. The number of hydrogen-bond donors (Lipinski definition) is 0. The SMILES string of the molecule is C#CCOC(=O)N1CC2(CCC(N3CCN(c4ncccc4-c4cnccn4)CC3)C2)C1. The lowest BCUT2D eigenvalue weighted by Crippen LogP contribution is -2.58. The van der Waals surface area contributed by atoms with Crippen LogP contribution in [0.1, 0.15) is 19.3 Å². The standard InChI is InChI=1S/C24H28N6O2/c1-2-14-32-23(31)30-17-24(18-30)6-5-19(15-24)28-10-12-29(13-11-28)22-20(4-3-7-27-22)21-16-25-8-9-26-21/h1,3-4,7-9,16,19H,5-6,10-15,17-18H2. The van der Waals surface area contributed by atoms with Gasteiger partial charge in [0.25, 0.3) is 0 Å². The number of piperazine rings is 1. The molecule has 1 unspecified atom stereocenters. The molecule has 5 rings (SSSR count). The van der Waals surface area contributed by atoms with Crippen molar-refractivity contribution in [2.24, 2.45) is 5.41 Å². The third kappa shape index (κ3) is 4.00. The summed E-state index contributed by atoms with van der Waals surface area (Å²) in [6.45, 7) is 5.56. The summed E-state index contributed by atoms with van der Waals surface area (Å²) in [6.07, 6.45) is 15.5. The summed E-state index contributed by atoms with van der Waals surface area (Å²) in [7, 11) is 0. The second kappa shape index (κ2) is 8.75. The molecule has 3 fully saturated rings. The first-order valence-corrected chi connectivity index (χ1v) is 11.2. The van der Waals surface area contributed by atoms with Gasteiger partial charge in [-0.3, -0.25) is 14.9 Å². The number of aromatic nitrogens is 3. The summed E-state index contributed by atoms with van der Waals surface area (Å²) < 4.78 is 5.06. The molecule has 32 heavy (non-hydrogen) atoms. The van der Waals surface area contributed by atoms with Gasteiger partial charge in [-0.1, -0.05) is 5.92 Å². The number of carbonyl (C=O) groups is 1. The maximum absolute atomic E-state index is 12.0. The number of hydrogen-bond acceptors (Lipinski definition) is 7. The van der Waals surface area contributed by atoms with E-state index in [1.807, 2.05) is 12.3 Å². The first-order valence-electron chi connectivity index (χ1n) is 11.2. The van der Waals surface area contributed by atoms with Gasteiger partial charge in [0.1, 0.15) is 5.82 Å². The Balaban J connectivity index is 1.16. The van der Waals surface area contributed by atoms with Crippen LogP contribution in [-0.4, -0.2) is 82.8 Å². The van der Waals surface area contributed by atoms with Crippen molar-refractivity contribution in [1.29, 1.82) is 0 Å². The lowest BCUT2D eigenvalue weighted by atomic mass is 9.78. The minimum Gasteiger partial charge on any atom is -0.436 e. The number of nitrogens with zero attached hydrogens (tertiary/aromatic N) is 6. The number of likely N-dealkylation sites (tertiary alicyclic amines) is 1. The largest absolute Gasteiger partial charge is 0.436 e. The van der Waals surface area contributed by atoms with E-state index < -0.39 is 0 Å². The van der Waals surface area contributed by atoms with Gasteiger partial charge in [0, 0.05) is 74.9 Å². The van der Waals surface area contributed by atoms with E-state index in [1.54, 1.807) is 23.5 Å². The maximum Gasteiger partial charge on any atom is 0.410 e. The smallest absolute Gasteiger partial charge is 0.410 e. The average Bonchev–Trinajstić information content (AvgIpc) is 3.28. The van der Waals surface area contributed by atoms with Crippen LogP contribution in [0.4, 0.5) is 10.6 Å². The molecule has 166 valence electrons. The van der Waals surface area contributed by atoms with Crippen molar-refractivity contribution in [1.82, 2.24) is 24.8 Å². The van der Waals surface area contributed by atoms with E-state index in [4.69, 9.17) is 11.2 Å². The van der Waals surface area contributed by atoms with Crippen LogP contribution in [0.3, 0.4) is 0 Å². The highest BCUT2D eigenvalue weighted by atomic mass is 16.6. The first-order chi connectivity index (χ1) is 15.7. The zero-order chi connectivity index (χ0) is 22.0. The summed E-state index contributed by atoms with van der Waals surface area (Å²) in [5.41, 5.74) is 2.14. The molecule has 2 aromatic heterocycles. The molecule has 0 N–H and O–H groups in total. The molecule has 1 saturated carbocycles. The molecule has 1 spiro atoms. The third-order valence-electron chi connectivity index (χ3n) is 7.02. The Bertz CT molecular complexity index is 993. The molecule has 8 nitrogen and oxygen atoms in total. The number of amides is 1. The van der Waals surface area contributed by atoms with Crippen molar-refractivity contribution in [3.8, 4) is 23.6 Å². The molecule has 2 aromatic rings. The van der Waals surface area contributed by atoms with Crippen LogP contribution >= 0.6 is 0 Å². The Morgan fingerprint density at radius 2 is 2.03 bits per heavy atom. The van der Waals surface area contributed by atoms with Crippen molar-refractivity contribution >= 4 is 11.9 Å². The number of pyridine rings is 1. The highest BCUT2D eigenvalue weighted by Gasteiger charge is 2.51. The van der Waals surface area contributed by atoms with Crippen molar-refractivity contribution in [2.45, 2.75) is 25.3 Å². The molecule has 2 aliphatic heterocycles. The fraction of sp³-hybridized carbons (Fsp3) is 0.500. The zero-order valence-electron chi connectivity index (χ0n) is 18.2. The molecule has 1 amide bonds. The van der Waals surface area contributed by atoms with Crippen LogP contribution in [0, 0.1) is 17.8 Å². The van der Waals surface area contributed by atoms with Crippen LogP contribution in [-0.2, 0) is 4.74 Å². The lowest BCUT2D eigenvalue weighted by Gasteiger charge is -2.48. The van der Waals surface area contributed by atoms with Gasteiger partial charge in [-0.15, -0.1) is 6.42 Å². The number of anilines is 1. The Morgan fingerprint density at radius 1 is 1.19 bits per heavy atom. The fourth-order valence-electron chi connectivity index (χ4n) is 5.45. The second-order valence-corrected chi connectivity index (χ2v) is 9.00. The van der Waals surface area contributed by atoms with E-state index in [1.165, 1.54) is 12.8 Å². The highest BCUT2D eigenvalue weighted by molar-refractivity contribution is 5.72. The molecule has 1 atom stereocenters. The van der Waals surface area contributed by atoms with Crippen LogP contribution in [0.5, 0.6) is 0 Å². The van der Waals surface area contributed by atoms with E-state index in [-0.39, 0.29) is 18.1 Å². The van der Waals surface area contributed by atoms with Crippen molar-refractivity contribution in [3.63, 3.8) is 0 Å². The molecule has 1 aliphatic carbocycles. The van der Waals surface area contributed by atoms with Crippen LogP contribution in [0.15, 0.2) is 36.9 Å². The summed E-state index contributed by atoms with van der Waals surface area (Å²) in [5, 5.41) is 0. The fourth-order valence-corrected chi connectivity index (χ4v) is 5.45. The van der Waals surface area contributed by atoms with Gasteiger partial charge >= 0.3 is 6.09 Å². The van der Waals surface area contributed by atoms with Gasteiger partial charge in [-0.2, -0.15) is 0 Å². The van der Waals surface area contributed by atoms with Gasteiger partial charge in [0.2, 0.25) is 0 Å². The number of carbonyl (C=O) groups excluding carboxylic acids is 1. The summed E-state index contributed by atoms with van der Waals surface area (Å²) >= 11 is 0. The van der Waals surface area contributed by atoms with Crippen LogP contribution in [0.25, 0.3) is 11.3 Å². The lowest BCUT2D eigenvalue weighted by molar-refractivity contribution is -0.000831. The first kappa shape index (κ1) is 20.7. The Labute approximate surface area is 188 Å². The van der Waals surface area contributed by atoms with E-state index in [0.29, 0.717) is 6.04 Å². The molecular weight excluding hydrogens is 404 g/mol. The molecular formula is C24H28N6O2. The molecule has 3 aliphatic rings. The number of ether oxygens (including phenoxy) is 1. The van der Waals surface area contributed by atoms with E-state index >= 15 is 0 Å². The predicted molar refractivity (Wildman–Crippen MR) is 121 cm³/mol. The zero-order valence-corrected chi connectivity index (χ0v) is 18.2. The number of rotatable bonds is 4. The van der Waals surface area contributed by atoms with Crippen LogP contribution < -0.4 is 4.90 Å². The third-order valence-corrected chi connectivity index (χ3v) is 7.02. The van der Waals surface area contributed by atoms with Gasteiger partial charge in [-0.05, 0) is 31.4 Å². The van der Waals surface area contributed by atoms with E-state index in [2.05, 4.69) is 36.7 Å². The van der Waals surface area contributed by atoms with Gasteiger partial charge < -0.3 is 14.5 Å². The summed E-state index contributed by atoms with van der Waals surface area (Å²) in [6, 6.07) is 4.60. The van der Waals surface area contributed by atoms with Crippen molar-refractivity contribution < 1.29 is 9.53 Å². The molecule has 2 saturated heterocycles. The Hall–Kier alpha value is -3.18. The second-order valence-electron chi connectivity index (χ2n) is 9.00. The minimum atomic E-state index is -0.278. The van der Waals surface area contributed by atoms with Gasteiger partial charge in [0.15, 0.2) is 6.61 Å². The van der Waals surface area contributed by atoms with Crippen molar-refractivity contribution in [2.75, 3.05) is 50.8 Å². The van der Waals surface area contributed by atoms with Gasteiger partial charge in [-0.25, -0.2) is 9.78 Å². The van der Waals surface area contributed by atoms with E-state index in [0.717, 1.165) is 62.8 Å². The Morgan fingerprint density at radius 3 is 2.78 bits per heavy atom. The molecule has 0 radical (unpaired) electrons. The van der Waals surface area contributed by atoms with E-state index in [9.17, 15) is 4.79 Å². The summed E-state index contributed by atoms with van der Waals surface area (Å²) in [4.78, 5) is 32.1. The monoisotopic (exact) mass is 432 g/mol. The van der Waals surface area contributed by atoms with Gasteiger partial charge in [0.05, 0.1) is 11.9 Å². The minimum absolute atomic E-state index is 0.0457. The van der Waals surface area contributed by atoms with Crippen molar-refractivity contribution in [3.05, 3.63) is 36.9 Å². The number of terminal acetylenes is 1. The highest BCUT2D eigenvalue weighted by Crippen LogP contribution is 2.47. The molecule has 4 heterocycles. The Kier molecular flexibility index (Phi) is 5.66. The van der Waals surface area contributed by atoms with Crippen LogP contribution in [0.2, 0.25) is 0 Å². The quantitative estimate of drug-likeness (QED) is 0.686.